The van der Waals surface area contributed by atoms with Gasteiger partial charge < -0.3 is 15.5 Å². The summed E-state index contributed by atoms with van der Waals surface area (Å²) in [4.78, 5) is 51.2. The van der Waals surface area contributed by atoms with Gasteiger partial charge >= 0.3 is 6.03 Å². The summed E-state index contributed by atoms with van der Waals surface area (Å²) in [5.41, 5.74) is 0.643. The molecule has 2 unspecified atom stereocenters. The molecule has 2 atom stereocenters. The van der Waals surface area contributed by atoms with Gasteiger partial charge in [-0.05, 0) is 50.7 Å². The van der Waals surface area contributed by atoms with Gasteiger partial charge in [-0.3, -0.25) is 19.7 Å². The fraction of sp³-hybridized carbons (Fsp3) is 0.545. The molecule has 0 radical (unpaired) electrons. The predicted octanol–water partition coefficient (Wildman–Crippen LogP) is 1.59. The lowest BCUT2D eigenvalue weighted by atomic mass is 9.79. The van der Waals surface area contributed by atoms with Crippen LogP contribution in [0.3, 0.4) is 0 Å². The molecule has 0 spiro atoms. The third-order valence-corrected chi connectivity index (χ3v) is 6.23. The molecule has 2 saturated heterocycles. The number of aryl methyl sites for hydroxylation is 1. The van der Waals surface area contributed by atoms with Crippen molar-refractivity contribution < 1.29 is 19.2 Å². The Morgan fingerprint density at radius 2 is 1.73 bits per heavy atom. The quantitative estimate of drug-likeness (QED) is 0.636. The van der Waals surface area contributed by atoms with E-state index in [9.17, 15) is 19.2 Å². The standard InChI is InChI=1S/C22H30N4O4/c1-13(2)17(23-18(27)15-7-5-14(3)6-8-15)19(28)26-11-9-16(10-12-26)22(4)20(29)24-21(30)25-22/h5-8,13,16-17H,9-12H2,1-4H3,(H,23,27)(H2,24,25,29,30). The van der Waals surface area contributed by atoms with E-state index < -0.39 is 17.6 Å². The van der Waals surface area contributed by atoms with Crippen molar-refractivity contribution in [3.8, 4) is 0 Å². The van der Waals surface area contributed by atoms with Gasteiger partial charge in [0.2, 0.25) is 5.91 Å². The number of carbonyl (C=O) groups is 4. The van der Waals surface area contributed by atoms with Crippen LogP contribution in [0.2, 0.25) is 0 Å². The van der Waals surface area contributed by atoms with Gasteiger partial charge in [-0.25, -0.2) is 4.79 Å². The van der Waals surface area contributed by atoms with Crippen molar-refractivity contribution in [3.05, 3.63) is 35.4 Å². The SMILES string of the molecule is Cc1ccc(C(=O)NC(C(=O)N2CCC(C3(C)NC(=O)NC3=O)CC2)C(C)C)cc1. The number of rotatable bonds is 5. The Balaban J connectivity index is 1.63. The number of amides is 5. The van der Waals surface area contributed by atoms with Crippen molar-refractivity contribution in [2.24, 2.45) is 11.8 Å². The van der Waals surface area contributed by atoms with Crippen LogP contribution >= 0.6 is 0 Å². The highest BCUT2D eigenvalue weighted by atomic mass is 16.2. The third-order valence-electron chi connectivity index (χ3n) is 6.23. The molecule has 1 aromatic carbocycles. The Morgan fingerprint density at radius 3 is 2.23 bits per heavy atom. The maximum atomic E-state index is 13.1. The van der Waals surface area contributed by atoms with Gasteiger partial charge in [0.15, 0.2) is 0 Å². The first kappa shape index (κ1) is 21.8. The monoisotopic (exact) mass is 414 g/mol. The molecule has 2 aliphatic heterocycles. The molecule has 2 fully saturated rings. The minimum Gasteiger partial charge on any atom is -0.341 e. The van der Waals surface area contributed by atoms with E-state index in [1.54, 1.807) is 24.0 Å². The van der Waals surface area contributed by atoms with Gasteiger partial charge in [-0.2, -0.15) is 0 Å². The van der Waals surface area contributed by atoms with Crippen molar-refractivity contribution in [2.75, 3.05) is 13.1 Å². The summed E-state index contributed by atoms with van der Waals surface area (Å²) in [5, 5.41) is 7.90. The van der Waals surface area contributed by atoms with Crippen molar-refractivity contribution >= 4 is 23.8 Å². The normalized spacial score (nSPS) is 23.2. The van der Waals surface area contributed by atoms with E-state index in [1.165, 1.54) is 0 Å². The molecule has 0 saturated carbocycles. The summed E-state index contributed by atoms with van der Waals surface area (Å²) in [7, 11) is 0. The van der Waals surface area contributed by atoms with Gasteiger partial charge in [0, 0.05) is 18.7 Å². The Labute approximate surface area is 176 Å². The lowest BCUT2D eigenvalue weighted by Gasteiger charge is -2.40. The summed E-state index contributed by atoms with van der Waals surface area (Å²) in [5.74, 6) is -0.818. The number of nitrogens with one attached hydrogen (secondary N) is 3. The molecule has 0 bridgehead atoms. The van der Waals surface area contributed by atoms with E-state index >= 15 is 0 Å². The second-order valence-electron chi connectivity index (χ2n) is 8.77. The number of hydrogen-bond acceptors (Lipinski definition) is 4. The van der Waals surface area contributed by atoms with E-state index in [1.807, 2.05) is 32.9 Å². The van der Waals surface area contributed by atoms with Crippen molar-refractivity contribution in [2.45, 2.75) is 52.1 Å². The predicted molar refractivity (Wildman–Crippen MR) is 112 cm³/mol. The molecule has 0 aliphatic carbocycles. The number of hydrogen-bond donors (Lipinski definition) is 3. The maximum Gasteiger partial charge on any atom is 0.322 e. The first-order valence-corrected chi connectivity index (χ1v) is 10.4. The molecule has 5 amide bonds. The number of carbonyl (C=O) groups excluding carboxylic acids is 4. The van der Waals surface area contributed by atoms with Crippen LogP contribution < -0.4 is 16.0 Å². The van der Waals surface area contributed by atoms with E-state index in [0.717, 1.165) is 5.56 Å². The van der Waals surface area contributed by atoms with Crippen LogP contribution in [0.15, 0.2) is 24.3 Å². The molecule has 3 N–H and O–H groups in total. The van der Waals surface area contributed by atoms with Crippen LogP contribution in [0.4, 0.5) is 4.79 Å². The van der Waals surface area contributed by atoms with E-state index in [-0.39, 0.29) is 29.6 Å². The van der Waals surface area contributed by atoms with Gasteiger partial charge in [-0.1, -0.05) is 31.5 Å². The summed E-state index contributed by atoms with van der Waals surface area (Å²) in [6.45, 7) is 8.45. The summed E-state index contributed by atoms with van der Waals surface area (Å²) in [6, 6.07) is 6.13. The number of urea groups is 1. The molecule has 1 aromatic rings. The summed E-state index contributed by atoms with van der Waals surface area (Å²) in [6.07, 6.45) is 1.21. The maximum absolute atomic E-state index is 13.1. The molecule has 162 valence electrons. The van der Waals surface area contributed by atoms with Crippen molar-refractivity contribution in [1.82, 2.24) is 20.9 Å². The van der Waals surface area contributed by atoms with Crippen molar-refractivity contribution in [1.29, 1.82) is 0 Å². The highest BCUT2D eigenvalue weighted by molar-refractivity contribution is 6.07. The Hall–Kier alpha value is -2.90. The molecule has 3 rings (SSSR count). The smallest absolute Gasteiger partial charge is 0.322 e. The molecule has 2 heterocycles. The molecule has 8 nitrogen and oxygen atoms in total. The highest BCUT2D eigenvalue weighted by Gasteiger charge is 2.49. The number of likely N-dealkylation sites (tertiary alicyclic amines) is 1. The van der Waals surface area contributed by atoms with Crippen molar-refractivity contribution in [3.63, 3.8) is 0 Å². The highest BCUT2D eigenvalue weighted by Crippen LogP contribution is 2.31. The zero-order valence-electron chi connectivity index (χ0n) is 18.0. The Kier molecular flexibility index (Phi) is 6.14. The second kappa shape index (κ2) is 8.45. The Bertz CT molecular complexity index is 843. The van der Waals surface area contributed by atoms with Gasteiger partial charge in [0.25, 0.3) is 11.8 Å². The molecular formula is C22H30N4O4. The first-order chi connectivity index (χ1) is 14.1. The third kappa shape index (κ3) is 4.32. The van der Waals surface area contributed by atoms with Gasteiger partial charge in [-0.15, -0.1) is 0 Å². The van der Waals surface area contributed by atoms with Crippen LogP contribution in [0.5, 0.6) is 0 Å². The molecule has 30 heavy (non-hydrogen) atoms. The zero-order chi connectivity index (χ0) is 22.1. The van der Waals surface area contributed by atoms with E-state index in [0.29, 0.717) is 31.5 Å². The zero-order valence-corrected chi connectivity index (χ0v) is 18.0. The van der Waals surface area contributed by atoms with Crippen LogP contribution in [0, 0.1) is 18.8 Å². The fourth-order valence-electron chi connectivity index (χ4n) is 4.16. The molecular weight excluding hydrogens is 384 g/mol. The van der Waals surface area contributed by atoms with Crippen LogP contribution in [-0.4, -0.2) is 53.3 Å². The fourth-order valence-corrected chi connectivity index (χ4v) is 4.16. The van der Waals surface area contributed by atoms with Gasteiger partial charge in [0.1, 0.15) is 11.6 Å². The number of nitrogens with zero attached hydrogens (tertiary/aromatic N) is 1. The topological polar surface area (TPSA) is 108 Å². The van der Waals surface area contributed by atoms with E-state index in [4.69, 9.17) is 0 Å². The summed E-state index contributed by atoms with van der Waals surface area (Å²) >= 11 is 0. The lowest BCUT2D eigenvalue weighted by molar-refractivity contribution is -0.136. The minimum atomic E-state index is -0.941. The largest absolute Gasteiger partial charge is 0.341 e. The molecule has 8 heteroatoms. The minimum absolute atomic E-state index is 0.0485. The number of benzene rings is 1. The van der Waals surface area contributed by atoms with Crippen LogP contribution in [-0.2, 0) is 9.59 Å². The first-order valence-electron chi connectivity index (χ1n) is 10.4. The second-order valence-corrected chi connectivity index (χ2v) is 8.77. The lowest BCUT2D eigenvalue weighted by Crippen LogP contribution is -2.57. The van der Waals surface area contributed by atoms with E-state index in [2.05, 4.69) is 16.0 Å². The van der Waals surface area contributed by atoms with Crippen LogP contribution in [0.25, 0.3) is 0 Å². The average molecular weight is 415 g/mol. The Morgan fingerprint density at radius 1 is 1.13 bits per heavy atom. The number of imide groups is 1. The molecule has 0 aromatic heterocycles. The summed E-state index contributed by atoms with van der Waals surface area (Å²) < 4.78 is 0. The average Bonchev–Trinajstić information content (AvgIpc) is 2.98. The van der Waals surface area contributed by atoms with Crippen LogP contribution in [0.1, 0.15) is 49.5 Å². The number of piperidine rings is 1. The van der Waals surface area contributed by atoms with Gasteiger partial charge in [0.05, 0.1) is 0 Å². The molecule has 2 aliphatic rings.